The Morgan fingerprint density at radius 1 is 1.12 bits per heavy atom. The fourth-order valence-corrected chi connectivity index (χ4v) is 1.29. The number of carbonyl (C=O) groups is 2. The van der Waals surface area contributed by atoms with Crippen LogP contribution in [0.5, 0.6) is 0 Å². The van der Waals surface area contributed by atoms with E-state index in [0.29, 0.717) is 19.3 Å². The van der Waals surface area contributed by atoms with E-state index in [4.69, 9.17) is 5.73 Å². The number of carbonyl (C=O) groups excluding carboxylic acids is 2. The van der Waals surface area contributed by atoms with Crippen LogP contribution in [0.3, 0.4) is 0 Å². The van der Waals surface area contributed by atoms with Crippen molar-refractivity contribution < 1.29 is 9.59 Å². The lowest BCUT2D eigenvalue weighted by atomic mass is 10.1. The van der Waals surface area contributed by atoms with Gasteiger partial charge >= 0.3 is 0 Å². The summed E-state index contributed by atoms with van der Waals surface area (Å²) in [5.41, 5.74) is 5.94. The molecule has 0 unspecified atom stereocenters. The van der Waals surface area contributed by atoms with Gasteiger partial charge < -0.3 is 11.1 Å². The van der Waals surface area contributed by atoms with E-state index in [9.17, 15) is 9.59 Å². The first-order valence-corrected chi connectivity index (χ1v) is 5.29. The Balaban J connectivity index is 2.24. The molecule has 4 nitrogen and oxygen atoms in total. The number of anilines is 1. The molecule has 3 N–H and O–H groups in total. The average Bonchev–Trinajstić information content (AvgIpc) is 2.30. The van der Waals surface area contributed by atoms with Gasteiger partial charge in [-0.15, -0.1) is 0 Å². The number of nitrogens with one attached hydrogen (secondary N) is 1. The van der Waals surface area contributed by atoms with Crippen LogP contribution in [-0.4, -0.2) is 18.2 Å². The van der Waals surface area contributed by atoms with Gasteiger partial charge in [-0.05, 0) is 18.6 Å². The maximum Gasteiger partial charge on any atom is 0.224 e. The largest absolute Gasteiger partial charge is 0.326 e. The van der Waals surface area contributed by atoms with E-state index < -0.39 is 0 Å². The molecule has 0 spiro atoms. The van der Waals surface area contributed by atoms with Crippen LogP contribution in [0.25, 0.3) is 0 Å². The van der Waals surface area contributed by atoms with Crippen LogP contribution in [-0.2, 0) is 9.59 Å². The minimum absolute atomic E-state index is 0.00693. The highest BCUT2D eigenvalue weighted by atomic mass is 16.1. The minimum Gasteiger partial charge on any atom is -0.326 e. The Kier molecular flexibility index (Phi) is 5.22. The third kappa shape index (κ3) is 4.70. The summed E-state index contributed by atoms with van der Waals surface area (Å²) < 4.78 is 0. The van der Waals surface area contributed by atoms with Gasteiger partial charge in [0.05, 0.1) is 6.54 Å². The number of nitrogens with two attached hydrogens (primary N) is 1. The van der Waals surface area contributed by atoms with Crippen LogP contribution in [0, 0.1) is 0 Å². The van der Waals surface area contributed by atoms with Crippen molar-refractivity contribution in [1.82, 2.24) is 0 Å². The van der Waals surface area contributed by atoms with E-state index in [1.54, 1.807) is 0 Å². The van der Waals surface area contributed by atoms with Crippen molar-refractivity contribution in [2.45, 2.75) is 19.3 Å². The Bertz CT molecular complexity index is 349. The van der Waals surface area contributed by atoms with Crippen LogP contribution < -0.4 is 11.1 Å². The number of Topliss-reactive ketones (excluding diaryl/α,β-unsaturated/α-hetero) is 1. The van der Waals surface area contributed by atoms with Crippen LogP contribution in [0.4, 0.5) is 5.69 Å². The summed E-state index contributed by atoms with van der Waals surface area (Å²) in [6.07, 6.45) is 1.27. The van der Waals surface area contributed by atoms with Gasteiger partial charge in [0, 0.05) is 18.5 Å². The molecule has 0 radical (unpaired) electrons. The second-order valence-electron chi connectivity index (χ2n) is 3.51. The zero-order valence-corrected chi connectivity index (χ0v) is 9.11. The molecule has 1 amide bonds. The molecule has 16 heavy (non-hydrogen) atoms. The molecule has 0 saturated heterocycles. The molecular formula is C12H16N2O2. The number of para-hydroxylation sites is 1. The molecule has 0 aliphatic carbocycles. The maximum atomic E-state index is 11.4. The molecule has 0 aromatic heterocycles. The van der Waals surface area contributed by atoms with Crippen molar-refractivity contribution in [3.63, 3.8) is 0 Å². The van der Waals surface area contributed by atoms with E-state index in [1.807, 2.05) is 30.3 Å². The van der Waals surface area contributed by atoms with Gasteiger partial charge in [-0.3, -0.25) is 9.59 Å². The second kappa shape index (κ2) is 6.74. The van der Waals surface area contributed by atoms with Gasteiger partial charge in [0.1, 0.15) is 5.78 Å². The highest BCUT2D eigenvalue weighted by molar-refractivity contribution is 5.91. The Morgan fingerprint density at radius 2 is 1.81 bits per heavy atom. The van der Waals surface area contributed by atoms with Crippen molar-refractivity contribution >= 4 is 17.4 Å². The van der Waals surface area contributed by atoms with Gasteiger partial charge in [-0.1, -0.05) is 18.2 Å². The maximum absolute atomic E-state index is 11.4. The van der Waals surface area contributed by atoms with Crippen molar-refractivity contribution in [2.24, 2.45) is 5.73 Å². The number of amides is 1. The van der Waals surface area contributed by atoms with Crippen LogP contribution >= 0.6 is 0 Å². The number of hydrogen-bond acceptors (Lipinski definition) is 3. The predicted octanol–water partition coefficient (Wildman–Crippen LogP) is 1.32. The Hall–Kier alpha value is -1.68. The SMILES string of the molecule is NCC(=O)CCCC(=O)Nc1ccccc1. The normalized spacial score (nSPS) is 9.81. The van der Waals surface area contributed by atoms with E-state index >= 15 is 0 Å². The lowest BCUT2D eigenvalue weighted by Crippen LogP contribution is -2.15. The molecule has 1 rings (SSSR count). The van der Waals surface area contributed by atoms with Crippen molar-refractivity contribution in [3.05, 3.63) is 30.3 Å². The zero-order valence-electron chi connectivity index (χ0n) is 9.11. The average molecular weight is 220 g/mol. The van der Waals surface area contributed by atoms with Crippen LogP contribution in [0.15, 0.2) is 30.3 Å². The van der Waals surface area contributed by atoms with Crippen molar-refractivity contribution in [1.29, 1.82) is 0 Å². The molecule has 0 atom stereocenters. The summed E-state index contributed by atoms with van der Waals surface area (Å²) in [6.45, 7) is 0.0559. The summed E-state index contributed by atoms with van der Waals surface area (Å²) in [4.78, 5) is 22.3. The lowest BCUT2D eigenvalue weighted by Gasteiger charge is -2.04. The third-order valence-electron chi connectivity index (χ3n) is 2.14. The van der Waals surface area contributed by atoms with Gasteiger partial charge in [0.15, 0.2) is 0 Å². The molecule has 1 aromatic carbocycles. The molecule has 1 aromatic rings. The molecule has 86 valence electrons. The van der Waals surface area contributed by atoms with Crippen molar-refractivity contribution in [3.8, 4) is 0 Å². The van der Waals surface area contributed by atoms with E-state index in [1.165, 1.54) is 0 Å². The number of ketones is 1. The molecule has 0 heterocycles. The Labute approximate surface area is 94.8 Å². The molecule has 0 aliphatic rings. The topological polar surface area (TPSA) is 72.2 Å². The van der Waals surface area contributed by atoms with Crippen molar-refractivity contribution in [2.75, 3.05) is 11.9 Å². The lowest BCUT2D eigenvalue weighted by molar-refractivity contribution is -0.118. The summed E-state index contributed by atoms with van der Waals surface area (Å²) in [6, 6.07) is 9.24. The predicted molar refractivity (Wildman–Crippen MR) is 63.0 cm³/mol. The van der Waals surface area contributed by atoms with E-state index in [2.05, 4.69) is 5.32 Å². The fourth-order valence-electron chi connectivity index (χ4n) is 1.29. The number of benzene rings is 1. The summed E-state index contributed by atoms with van der Waals surface area (Å²) >= 11 is 0. The monoisotopic (exact) mass is 220 g/mol. The molecule has 0 saturated carbocycles. The zero-order chi connectivity index (χ0) is 11.8. The second-order valence-corrected chi connectivity index (χ2v) is 3.51. The molecule has 0 aliphatic heterocycles. The van der Waals surface area contributed by atoms with E-state index in [-0.39, 0.29) is 18.2 Å². The summed E-state index contributed by atoms with van der Waals surface area (Å²) in [5.74, 6) is -0.0801. The van der Waals surface area contributed by atoms with Crippen LogP contribution in [0.1, 0.15) is 19.3 Å². The third-order valence-corrected chi connectivity index (χ3v) is 2.14. The summed E-state index contributed by atoms with van der Waals surface area (Å²) in [7, 11) is 0. The van der Waals surface area contributed by atoms with Gasteiger partial charge in [0.25, 0.3) is 0 Å². The Morgan fingerprint density at radius 3 is 2.44 bits per heavy atom. The molecule has 0 bridgehead atoms. The van der Waals surface area contributed by atoms with E-state index in [0.717, 1.165) is 5.69 Å². The fraction of sp³-hybridized carbons (Fsp3) is 0.333. The quantitative estimate of drug-likeness (QED) is 0.759. The summed E-state index contributed by atoms with van der Waals surface area (Å²) in [5, 5.41) is 2.75. The highest BCUT2D eigenvalue weighted by Gasteiger charge is 2.04. The molecular weight excluding hydrogens is 204 g/mol. The number of rotatable bonds is 6. The standard InChI is InChI=1S/C12H16N2O2/c13-9-11(15)7-4-8-12(16)14-10-5-2-1-3-6-10/h1-3,5-6H,4,7-9,13H2,(H,14,16). The first kappa shape index (κ1) is 12.4. The van der Waals surface area contributed by atoms with Gasteiger partial charge in [0.2, 0.25) is 5.91 Å². The number of hydrogen-bond donors (Lipinski definition) is 2. The first-order valence-electron chi connectivity index (χ1n) is 5.29. The smallest absolute Gasteiger partial charge is 0.224 e. The minimum atomic E-state index is -0.0731. The van der Waals surface area contributed by atoms with Gasteiger partial charge in [-0.25, -0.2) is 0 Å². The van der Waals surface area contributed by atoms with Crippen LogP contribution in [0.2, 0.25) is 0 Å². The highest BCUT2D eigenvalue weighted by Crippen LogP contribution is 2.06. The van der Waals surface area contributed by atoms with Gasteiger partial charge in [-0.2, -0.15) is 0 Å². The molecule has 4 heteroatoms. The molecule has 0 fully saturated rings. The first-order chi connectivity index (χ1) is 7.72.